The lowest BCUT2D eigenvalue weighted by Gasteiger charge is -2.33. The van der Waals surface area contributed by atoms with E-state index in [9.17, 15) is 0 Å². The molecular formula is C18H25ClN4O2. The summed E-state index contributed by atoms with van der Waals surface area (Å²) in [6, 6.07) is 7.49. The number of rotatable bonds is 7. The molecule has 0 unspecified atom stereocenters. The Kier molecular flexibility index (Phi) is 6.29. The van der Waals surface area contributed by atoms with Crippen LogP contribution in [0.1, 0.15) is 31.5 Å². The van der Waals surface area contributed by atoms with Crippen molar-refractivity contribution >= 4 is 11.6 Å². The van der Waals surface area contributed by atoms with Crippen LogP contribution in [0.3, 0.4) is 0 Å². The lowest BCUT2D eigenvalue weighted by Crippen LogP contribution is -2.47. The summed E-state index contributed by atoms with van der Waals surface area (Å²) in [4.78, 5) is 9.24. The molecular weight excluding hydrogens is 340 g/mol. The first-order chi connectivity index (χ1) is 12.1. The van der Waals surface area contributed by atoms with Gasteiger partial charge in [0.2, 0.25) is 5.89 Å². The number of aromatic nitrogens is 2. The molecule has 2 aromatic rings. The van der Waals surface area contributed by atoms with Crippen LogP contribution >= 0.6 is 11.6 Å². The normalized spacial score (nSPS) is 16.5. The molecule has 1 aromatic heterocycles. The van der Waals surface area contributed by atoms with Gasteiger partial charge in [0.15, 0.2) is 5.82 Å². The summed E-state index contributed by atoms with van der Waals surface area (Å²) in [6.07, 6.45) is 0. The lowest BCUT2D eigenvalue weighted by atomic mass is 10.2. The molecule has 1 aliphatic heterocycles. The maximum atomic E-state index is 5.87. The van der Waals surface area contributed by atoms with Crippen LogP contribution < -0.4 is 4.74 Å². The van der Waals surface area contributed by atoms with Crippen molar-refractivity contribution in [2.24, 2.45) is 0 Å². The highest BCUT2D eigenvalue weighted by molar-refractivity contribution is 6.30. The highest BCUT2D eigenvalue weighted by Gasteiger charge is 2.19. The van der Waals surface area contributed by atoms with Crippen LogP contribution in [0.5, 0.6) is 5.75 Å². The van der Waals surface area contributed by atoms with Crippen LogP contribution in [-0.2, 0) is 6.54 Å². The van der Waals surface area contributed by atoms with E-state index in [1.807, 2.05) is 24.3 Å². The van der Waals surface area contributed by atoms with Crippen molar-refractivity contribution in [1.82, 2.24) is 19.9 Å². The highest BCUT2D eigenvalue weighted by atomic mass is 35.5. The number of nitrogens with zero attached hydrogens (tertiary/aromatic N) is 4. The molecule has 0 bridgehead atoms. The van der Waals surface area contributed by atoms with Gasteiger partial charge < -0.3 is 9.26 Å². The number of hydrogen-bond donors (Lipinski definition) is 0. The molecule has 7 heteroatoms. The van der Waals surface area contributed by atoms with Crippen LogP contribution in [0, 0.1) is 0 Å². The second kappa shape index (κ2) is 8.65. The topological polar surface area (TPSA) is 54.6 Å². The molecule has 2 heterocycles. The minimum atomic E-state index is 0.277. The molecule has 0 aliphatic carbocycles. The second-order valence-corrected chi connectivity index (χ2v) is 7.06. The molecule has 25 heavy (non-hydrogen) atoms. The average Bonchev–Trinajstić information content (AvgIpc) is 3.07. The Morgan fingerprint density at radius 2 is 1.80 bits per heavy atom. The third-order valence-corrected chi connectivity index (χ3v) is 4.55. The van der Waals surface area contributed by atoms with E-state index in [1.165, 1.54) is 0 Å². The monoisotopic (exact) mass is 364 g/mol. The Bertz CT molecular complexity index is 651. The van der Waals surface area contributed by atoms with Gasteiger partial charge in [0, 0.05) is 43.7 Å². The number of ether oxygens (including phenoxy) is 1. The third-order valence-electron chi connectivity index (χ3n) is 4.30. The fraction of sp³-hybridized carbons (Fsp3) is 0.556. The van der Waals surface area contributed by atoms with Gasteiger partial charge in [-0.25, -0.2) is 0 Å². The zero-order valence-electron chi connectivity index (χ0n) is 14.8. The summed E-state index contributed by atoms with van der Waals surface area (Å²) < 4.78 is 11.0. The average molecular weight is 365 g/mol. The Morgan fingerprint density at radius 3 is 2.44 bits per heavy atom. The van der Waals surface area contributed by atoms with Crippen molar-refractivity contribution in [3.8, 4) is 5.75 Å². The Balaban J connectivity index is 1.36. The molecule has 0 spiro atoms. The van der Waals surface area contributed by atoms with Crippen LogP contribution in [0.25, 0.3) is 0 Å². The first kappa shape index (κ1) is 18.2. The van der Waals surface area contributed by atoms with Crippen molar-refractivity contribution in [3.05, 3.63) is 41.0 Å². The van der Waals surface area contributed by atoms with Gasteiger partial charge in [-0.05, 0) is 24.3 Å². The molecule has 6 nitrogen and oxygen atoms in total. The van der Waals surface area contributed by atoms with Gasteiger partial charge in [0.1, 0.15) is 12.4 Å². The van der Waals surface area contributed by atoms with E-state index in [0.29, 0.717) is 12.5 Å². The maximum absolute atomic E-state index is 5.87. The number of piperazine rings is 1. The molecule has 0 radical (unpaired) electrons. The summed E-state index contributed by atoms with van der Waals surface area (Å²) in [7, 11) is 0. The van der Waals surface area contributed by atoms with E-state index < -0.39 is 0 Å². The number of halogens is 1. The lowest BCUT2D eigenvalue weighted by molar-refractivity contribution is 0.110. The van der Waals surface area contributed by atoms with Crippen molar-refractivity contribution in [2.75, 3.05) is 39.3 Å². The Labute approximate surface area is 153 Å². The summed E-state index contributed by atoms with van der Waals surface area (Å²) in [5, 5.41) is 4.80. The van der Waals surface area contributed by atoms with Crippen LogP contribution in [-0.4, -0.2) is 59.3 Å². The van der Waals surface area contributed by atoms with E-state index >= 15 is 0 Å². The van der Waals surface area contributed by atoms with Gasteiger partial charge in [0.25, 0.3) is 0 Å². The Morgan fingerprint density at radius 1 is 1.12 bits per heavy atom. The largest absolute Gasteiger partial charge is 0.492 e. The number of hydrogen-bond acceptors (Lipinski definition) is 6. The predicted molar refractivity (Wildman–Crippen MR) is 97.1 cm³/mol. The van der Waals surface area contributed by atoms with E-state index in [2.05, 4.69) is 33.8 Å². The minimum Gasteiger partial charge on any atom is -0.492 e. The van der Waals surface area contributed by atoms with Gasteiger partial charge in [0.05, 0.1) is 6.54 Å². The van der Waals surface area contributed by atoms with Gasteiger partial charge in [-0.2, -0.15) is 4.98 Å². The molecule has 1 saturated heterocycles. The first-order valence-corrected chi connectivity index (χ1v) is 9.13. The van der Waals surface area contributed by atoms with E-state index in [0.717, 1.165) is 55.9 Å². The molecule has 0 atom stereocenters. The van der Waals surface area contributed by atoms with Crippen molar-refractivity contribution < 1.29 is 9.26 Å². The molecule has 0 amide bonds. The standard InChI is InChI=1S/C18H25ClN4O2/c1-14(2)18-20-17(21-25-18)13-23-9-7-22(8-10-23)11-12-24-16-5-3-15(19)4-6-16/h3-6,14H,7-13H2,1-2H3. The van der Waals surface area contributed by atoms with E-state index in [-0.39, 0.29) is 5.92 Å². The van der Waals surface area contributed by atoms with Gasteiger partial charge in [-0.15, -0.1) is 0 Å². The molecule has 3 rings (SSSR count). The van der Waals surface area contributed by atoms with Crippen molar-refractivity contribution in [3.63, 3.8) is 0 Å². The maximum Gasteiger partial charge on any atom is 0.229 e. The SMILES string of the molecule is CC(C)c1nc(CN2CCN(CCOc3ccc(Cl)cc3)CC2)no1. The van der Waals surface area contributed by atoms with Gasteiger partial charge in [-0.3, -0.25) is 9.80 Å². The fourth-order valence-electron chi connectivity index (χ4n) is 2.76. The fourth-order valence-corrected chi connectivity index (χ4v) is 2.89. The van der Waals surface area contributed by atoms with Crippen LogP contribution in [0.4, 0.5) is 0 Å². The predicted octanol–water partition coefficient (Wildman–Crippen LogP) is 3.04. The highest BCUT2D eigenvalue weighted by Crippen LogP contribution is 2.16. The summed E-state index contributed by atoms with van der Waals surface area (Å²) in [5.74, 6) is 2.64. The van der Waals surface area contributed by atoms with Gasteiger partial charge in [-0.1, -0.05) is 30.6 Å². The summed E-state index contributed by atoms with van der Waals surface area (Å²) in [5.41, 5.74) is 0. The molecule has 0 N–H and O–H groups in total. The molecule has 1 aromatic carbocycles. The smallest absolute Gasteiger partial charge is 0.229 e. The van der Waals surface area contributed by atoms with Gasteiger partial charge >= 0.3 is 0 Å². The third kappa shape index (κ3) is 5.42. The van der Waals surface area contributed by atoms with Crippen molar-refractivity contribution in [1.29, 1.82) is 0 Å². The molecule has 1 fully saturated rings. The zero-order valence-corrected chi connectivity index (χ0v) is 15.6. The number of benzene rings is 1. The molecule has 1 aliphatic rings. The molecule has 0 saturated carbocycles. The molecule has 136 valence electrons. The first-order valence-electron chi connectivity index (χ1n) is 8.75. The summed E-state index contributed by atoms with van der Waals surface area (Å²) in [6.45, 7) is 10.5. The minimum absolute atomic E-state index is 0.277. The van der Waals surface area contributed by atoms with E-state index in [1.54, 1.807) is 0 Å². The van der Waals surface area contributed by atoms with E-state index in [4.69, 9.17) is 20.9 Å². The zero-order chi connectivity index (χ0) is 17.6. The quantitative estimate of drug-likeness (QED) is 0.752. The second-order valence-electron chi connectivity index (χ2n) is 6.62. The Hall–Kier alpha value is -1.63. The van der Waals surface area contributed by atoms with Crippen LogP contribution in [0.2, 0.25) is 5.02 Å². The van der Waals surface area contributed by atoms with Crippen molar-refractivity contribution in [2.45, 2.75) is 26.3 Å². The van der Waals surface area contributed by atoms with Crippen LogP contribution in [0.15, 0.2) is 28.8 Å². The summed E-state index contributed by atoms with van der Waals surface area (Å²) >= 11 is 5.87.